The summed E-state index contributed by atoms with van der Waals surface area (Å²) in [7, 11) is 1.69. The van der Waals surface area contributed by atoms with E-state index >= 15 is 0 Å². The summed E-state index contributed by atoms with van der Waals surface area (Å²) in [5.74, 6) is 2.68. The Balaban J connectivity index is 1.35. The van der Waals surface area contributed by atoms with Gasteiger partial charge in [0.2, 0.25) is 0 Å². The number of carbonyl (C=O) groups excluding carboxylic acids is 1. The number of benzene rings is 1. The molecule has 7 nitrogen and oxygen atoms in total. The number of hydrogen-bond acceptors (Lipinski definition) is 7. The van der Waals surface area contributed by atoms with Crippen molar-refractivity contribution in [3.63, 3.8) is 0 Å². The Labute approximate surface area is 199 Å². The number of aryl methyl sites for hydroxylation is 1. The minimum Gasteiger partial charge on any atom is -0.497 e. The lowest BCUT2D eigenvalue weighted by atomic mass is 9.99. The maximum Gasteiger partial charge on any atom is 0.264 e. The predicted molar refractivity (Wildman–Crippen MR) is 134 cm³/mol. The Morgan fingerprint density at radius 3 is 2.33 bits per heavy atom. The zero-order valence-corrected chi connectivity index (χ0v) is 20.4. The first-order valence-electron chi connectivity index (χ1n) is 11.7. The molecule has 0 unspecified atom stereocenters. The molecule has 174 valence electrons. The topological polar surface area (TPSA) is 61.8 Å². The highest BCUT2D eigenvalue weighted by Crippen LogP contribution is 2.36. The molecule has 8 heteroatoms. The van der Waals surface area contributed by atoms with Crippen molar-refractivity contribution >= 4 is 39.0 Å². The van der Waals surface area contributed by atoms with Gasteiger partial charge in [0.15, 0.2) is 0 Å². The Morgan fingerprint density at radius 1 is 1.00 bits per heavy atom. The van der Waals surface area contributed by atoms with Gasteiger partial charge in [-0.05, 0) is 55.5 Å². The number of carbonyl (C=O) groups is 1. The van der Waals surface area contributed by atoms with Crippen molar-refractivity contribution < 1.29 is 9.53 Å². The van der Waals surface area contributed by atoms with Crippen LogP contribution in [0.15, 0.2) is 30.6 Å². The van der Waals surface area contributed by atoms with Crippen molar-refractivity contribution in [2.24, 2.45) is 5.92 Å². The smallest absolute Gasteiger partial charge is 0.264 e. The fraction of sp³-hybridized carbons (Fsp3) is 0.480. The third-order valence-electron chi connectivity index (χ3n) is 6.99. The highest BCUT2D eigenvalue weighted by molar-refractivity contribution is 7.20. The van der Waals surface area contributed by atoms with E-state index < -0.39 is 0 Å². The summed E-state index contributed by atoms with van der Waals surface area (Å²) in [5, 5.41) is 1.04. The third-order valence-corrected chi connectivity index (χ3v) is 8.18. The number of nitrogens with zero attached hydrogens (tertiary/aromatic N) is 5. The summed E-state index contributed by atoms with van der Waals surface area (Å²) in [6.45, 7) is 9.60. The van der Waals surface area contributed by atoms with E-state index in [0.29, 0.717) is 5.92 Å². The zero-order valence-electron chi connectivity index (χ0n) is 19.6. The second-order valence-corrected chi connectivity index (χ2v) is 10.1. The van der Waals surface area contributed by atoms with Crippen molar-refractivity contribution in [3.8, 4) is 5.75 Å². The molecule has 2 saturated heterocycles. The first-order valence-corrected chi connectivity index (χ1v) is 12.5. The molecule has 0 spiro atoms. The third kappa shape index (κ3) is 4.24. The maximum absolute atomic E-state index is 13.3. The number of methoxy groups -OCH3 is 1. The number of piperazine rings is 1. The second kappa shape index (κ2) is 9.17. The average Bonchev–Trinajstić information content (AvgIpc) is 3.21. The Kier molecular flexibility index (Phi) is 6.10. The maximum atomic E-state index is 13.3. The van der Waals surface area contributed by atoms with Crippen LogP contribution in [0.5, 0.6) is 5.75 Å². The van der Waals surface area contributed by atoms with Gasteiger partial charge in [0.05, 0.1) is 17.4 Å². The van der Waals surface area contributed by atoms with E-state index in [2.05, 4.69) is 45.7 Å². The molecule has 0 radical (unpaired) electrons. The Hall–Kier alpha value is -2.87. The number of fused-ring (bicyclic) bond motifs is 1. The first-order chi connectivity index (χ1) is 16.0. The standard InChI is InChI=1S/C25H31N5O2S/c1-17-8-10-30(11-9-17)25(31)22-18(2)21-23(26-16-27-24(21)33-22)29-14-12-28(13-15-29)19-4-6-20(32-3)7-5-19/h4-7,16-17H,8-15H2,1-3H3. The van der Waals surface area contributed by atoms with Crippen LogP contribution in [0.2, 0.25) is 0 Å². The number of thiophene rings is 1. The molecular formula is C25H31N5O2S. The van der Waals surface area contributed by atoms with Crippen LogP contribution in [0.1, 0.15) is 35.0 Å². The molecule has 0 N–H and O–H groups in total. The van der Waals surface area contributed by atoms with Crippen LogP contribution >= 0.6 is 11.3 Å². The quantitative estimate of drug-likeness (QED) is 0.575. The van der Waals surface area contributed by atoms with Gasteiger partial charge >= 0.3 is 0 Å². The van der Waals surface area contributed by atoms with Gasteiger partial charge in [0, 0.05) is 45.0 Å². The summed E-state index contributed by atoms with van der Waals surface area (Å²) < 4.78 is 5.28. The van der Waals surface area contributed by atoms with Crippen LogP contribution in [0.3, 0.4) is 0 Å². The minimum atomic E-state index is 0.151. The van der Waals surface area contributed by atoms with Crippen LogP contribution < -0.4 is 14.5 Å². The minimum absolute atomic E-state index is 0.151. The monoisotopic (exact) mass is 465 g/mol. The molecule has 0 atom stereocenters. The number of likely N-dealkylation sites (tertiary alicyclic amines) is 1. The van der Waals surface area contributed by atoms with Crippen LogP contribution in [0.25, 0.3) is 10.2 Å². The molecule has 0 bridgehead atoms. The SMILES string of the molecule is COc1ccc(N2CCN(c3ncnc4sc(C(=O)N5CCC(C)CC5)c(C)c34)CC2)cc1. The number of aromatic nitrogens is 2. The molecule has 5 rings (SSSR count). The number of piperidine rings is 1. The summed E-state index contributed by atoms with van der Waals surface area (Å²) in [6, 6.07) is 8.23. The number of ether oxygens (including phenoxy) is 1. The van der Waals surface area contributed by atoms with Crippen molar-refractivity contribution in [2.75, 3.05) is 56.2 Å². The van der Waals surface area contributed by atoms with Crippen LogP contribution in [-0.2, 0) is 0 Å². The van der Waals surface area contributed by atoms with E-state index in [1.54, 1.807) is 13.4 Å². The van der Waals surface area contributed by atoms with Crippen molar-refractivity contribution in [3.05, 3.63) is 41.0 Å². The fourth-order valence-electron chi connectivity index (χ4n) is 4.82. The van der Waals surface area contributed by atoms with Gasteiger partial charge in [-0.25, -0.2) is 9.97 Å². The summed E-state index contributed by atoms with van der Waals surface area (Å²) in [5.41, 5.74) is 2.23. The van der Waals surface area contributed by atoms with Crippen LogP contribution in [-0.4, -0.2) is 67.2 Å². The molecule has 33 heavy (non-hydrogen) atoms. The molecule has 1 amide bonds. The number of anilines is 2. The number of rotatable bonds is 4. The fourth-order valence-corrected chi connectivity index (χ4v) is 5.93. The van der Waals surface area contributed by atoms with E-state index in [-0.39, 0.29) is 5.91 Å². The lowest BCUT2D eigenvalue weighted by Gasteiger charge is -2.37. The van der Waals surface area contributed by atoms with Gasteiger partial charge in [-0.1, -0.05) is 6.92 Å². The van der Waals surface area contributed by atoms with Crippen molar-refractivity contribution in [1.29, 1.82) is 0 Å². The van der Waals surface area contributed by atoms with Gasteiger partial charge in [-0.3, -0.25) is 4.79 Å². The summed E-state index contributed by atoms with van der Waals surface area (Å²) >= 11 is 1.51. The molecule has 4 heterocycles. The van der Waals surface area contributed by atoms with Crippen LogP contribution in [0.4, 0.5) is 11.5 Å². The molecular weight excluding hydrogens is 434 g/mol. The van der Waals surface area contributed by atoms with E-state index in [1.165, 1.54) is 17.0 Å². The summed E-state index contributed by atoms with van der Waals surface area (Å²) in [4.78, 5) is 30.9. The zero-order chi connectivity index (χ0) is 22.9. The Morgan fingerprint density at radius 2 is 1.67 bits per heavy atom. The van der Waals surface area contributed by atoms with E-state index in [1.807, 2.05) is 17.0 Å². The van der Waals surface area contributed by atoms with E-state index in [0.717, 1.165) is 84.3 Å². The van der Waals surface area contributed by atoms with Gasteiger partial charge in [0.1, 0.15) is 22.7 Å². The normalized spacial score (nSPS) is 17.6. The molecule has 1 aromatic carbocycles. The molecule has 0 aliphatic carbocycles. The van der Waals surface area contributed by atoms with Crippen molar-refractivity contribution in [2.45, 2.75) is 26.7 Å². The highest BCUT2D eigenvalue weighted by atomic mass is 32.1. The molecule has 2 fully saturated rings. The number of amides is 1. The molecule has 2 aromatic heterocycles. The predicted octanol–water partition coefficient (Wildman–Crippen LogP) is 4.21. The largest absolute Gasteiger partial charge is 0.497 e. The van der Waals surface area contributed by atoms with E-state index in [9.17, 15) is 4.79 Å². The van der Waals surface area contributed by atoms with Gasteiger partial charge in [0.25, 0.3) is 5.91 Å². The second-order valence-electron chi connectivity index (χ2n) is 9.08. The summed E-state index contributed by atoms with van der Waals surface area (Å²) in [6.07, 6.45) is 3.80. The average molecular weight is 466 g/mol. The lowest BCUT2D eigenvalue weighted by molar-refractivity contribution is 0.0701. The van der Waals surface area contributed by atoms with Crippen LogP contribution in [0, 0.1) is 12.8 Å². The molecule has 2 aliphatic heterocycles. The number of hydrogen-bond donors (Lipinski definition) is 0. The first kappa shape index (κ1) is 21.9. The molecule has 0 saturated carbocycles. The Bertz CT molecular complexity index is 1130. The van der Waals surface area contributed by atoms with E-state index in [4.69, 9.17) is 4.74 Å². The van der Waals surface area contributed by atoms with Gasteiger partial charge in [-0.2, -0.15) is 0 Å². The lowest BCUT2D eigenvalue weighted by Crippen LogP contribution is -2.46. The molecule has 2 aliphatic rings. The highest BCUT2D eigenvalue weighted by Gasteiger charge is 2.28. The van der Waals surface area contributed by atoms with Gasteiger partial charge < -0.3 is 19.4 Å². The van der Waals surface area contributed by atoms with Crippen molar-refractivity contribution in [1.82, 2.24) is 14.9 Å². The molecule has 3 aromatic rings. The van der Waals surface area contributed by atoms with Gasteiger partial charge in [-0.15, -0.1) is 11.3 Å².